The van der Waals surface area contributed by atoms with Crippen LogP contribution in [0.2, 0.25) is 0 Å². The summed E-state index contributed by atoms with van der Waals surface area (Å²) >= 11 is 0. The highest BCUT2D eigenvalue weighted by molar-refractivity contribution is 5.75. The number of carbonyl (C=O) groups excluding carboxylic acids is 1. The Hall–Kier alpha value is -1.30. The van der Waals surface area contributed by atoms with Crippen molar-refractivity contribution in [1.29, 1.82) is 0 Å². The summed E-state index contributed by atoms with van der Waals surface area (Å²) in [6.45, 7) is 8.14. The van der Waals surface area contributed by atoms with E-state index in [1.165, 1.54) is 0 Å². The molecule has 2 amide bonds. The highest BCUT2D eigenvalue weighted by Gasteiger charge is 2.38. The molecule has 1 aliphatic rings. The van der Waals surface area contributed by atoms with Crippen molar-refractivity contribution in [2.24, 2.45) is 5.41 Å². The van der Waals surface area contributed by atoms with Crippen LogP contribution in [0.4, 0.5) is 4.79 Å². The number of nitrogens with one attached hydrogen (secondary N) is 2. The molecule has 1 saturated heterocycles. The zero-order chi connectivity index (χ0) is 14.7. The Kier molecular flexibility index (Phi) is 4.79. The van der Waals surface area contributed by atoms with Crippen molar-refractivity contribution in [1.82, 2.24) is 10.6 Å². The summed E-state index contributed by atoms with van der Waals surface area (Å²) in [6, 6.07) is -0.277. The SMILES string of the molecule is CC1OCCC1(C)NC(=O)NCCC(C)(C)C(=O)O. The molecule has 0 radical (unpaired) electrons. The van der Waals surface area contributed by atoms with E-state index in [0.717, 1.165) is 6.42 Å². The van der Waals surface area contributed by atoms with Crippen LogP contribution >= 0.6 is 0 Å². The average Bonchev–Trinajstić information content (AvgIpc) is 2.58. The van der Waals surface area contributed by atoms with E-state index in [2.05, 4.69) is 10.6 Å². The Morgan fingerprint density at radius 2 is 2.11 bits per heavy atom. The number of carboxylic acids is 1. The van der Waals surface area contributed by atoms with Crippen LogP contribution in [-0.2, 0) is 9.53 Å². The summed E-state index contributed by atoms with van der Waals surface area (Å²) in [5, 5.41) is 14.6. The molecule has 1 fully saturated rings. The number of carbonyl (C=O) groups is 2. The predicted octanol–water partition coefficient (Wildman–Crippen LogP) is 1.35. The molecule has 110 valence electrons. The van der Waals surface area contributed by atoms with E-state index in [4.69, 9.17) is 9.84 Å². The van der Waals surface area contributed by atoms with Gasteiger partial charge in [0.05, 0.1) is 17.1 Å². The maximum absolute atomic E-state index is 11.8. The molecule has 0 aromatic carbocycles. The molecule has 1 rings (SSSR count). The number of ether oxygens (including phenoxy) is 1. The number of amides is 2. The summed E-state index contributed by atoms with van der Waals surface area (Å²) in [7, 11) is 0. The van der Waals surface area contributed by atoms with Crippen LogP contribution in [0.25, 0.3) is 0 Å². The minimum absolute atomic E-state index is 0.0197. The Morgan fingerprint density at radius 3 is 2.58 bits per heavy atom. The van der Waals surface area contributed by atoms with Gasteiger partial charge in [-0.15, -0.1) is 0 Å². The quantitative estimate of drug-likeness (QED) is 0.705. The summed E-state index contributed by atoms with van der Waals surface area (Å²) in [4.78, 5) is 22.7. The molecule has 0 aliphatic carbocycles. The predicted molar refractivity (Wildman–Crippen MR) is 71.0 cm³/mol. The van der Waals surface area contributed by atoms with Crippen LogP contribution in [0.5, 0.6) is 0 Å². The van der Waals surface area contributed by atoms with Crippen LogP contribution in [0.15, 0.2) is 0 Å². The third-order valence-electron chi connectivity index (χ3n) is 3.90. The Morgan fingerprint density at radius 1 is 1.47 bits per heavy atom. The molecule has 3 N–H and O–H groups in total. The van der Waals surface area contributed by atoms with Gasteiger partial charge >= 0.3 is 12.0 Å². The third-order valence-corrected chi connectivity index (χ3v) is 3.90. The monoisotopic (exact) mass is 272 g/mol. The number of aliphatic carboxylic acids is 1. The maximum atomic E-state index is 11.8. The number of hydrogen-bond acceptors (Lipinski definition) is 3. The van der Waals surface area contributed by atoms with E-state index < -0.39 is 11.4 Å². The van der Waals surface area contributed by atoms with Gasteiger partial charge in [0, 0.05) is 13.2 Å². The highest BCUT2D eigenvalue weighted by atomic mass is 16.5. The normalized spacial score (nSPS) is 27.1. The maximum Gasteiger partial charge on any atom is 0.315 e. The van der Waals surface area contributed by atoms with Crippen molar-refractivity contribution in [3.05, 3.63) is 0 Å². The first-order chi connectivity index (χ1) is 8.67. The van der Waals surface area contributed by atoms with Crippen LogP contribution in [0.3, 0.4) is 0 Å². The van der Waals surface area contributed by atoms with E-state index >= 15 is 0 Å². The lowest BCUT2D eigenvalue weighted by atomic mass is 9.90. The minimum Gasteiger partial charge on any atom is -0.481 e. The number of rotatable bonds is 5. The molecule has 2 unspecified atom stereocenters. The van der Waals surface area contributed by atoms with Crippen LogP contribution in [0.1, 0.15) is 40.5 Å². The van der Waals surface area contributed by atoms with E-state index in [1.807, 2.05) is 13.8 Å². The number of urea groups is 1. The zero-order valence-corrected chi connectivity index (χ0v) is 12.1. The first-order valence-corrected chi connectivity index (χ1v) is 6.58. The molecule has 19 heavy (non-hydrogen) atoms. The molecule has 0 saturated carbocycles. The fraction of sp³-hybridized carbons (Fsp3) is 0.846. The van der Waals surface area contributed by atoms with E-state index in [9.17, 15) is 9.59 Å². The lowest BCUT2D eigenvalue weighted by Gasteiger charge is -2.29. The standard InChI is InChI=1S/C13H24N2O4/c1-9-13(4,6-8-19-9)15-11(18)14-7-5-12(2,3)10(16)17/h9H,5-8H2,1-4H3,(H,16,17)(H2,14,15,18). The van der Waals surface area contributed by atoms with Gasteiger partial charge in [0.25, 0.3) is 0 Å². The van der Waals surface area contributed by atoms with Gasteiger partial charge in [-0.05, 0) is 40.5 Å². The van der Waals surface area contributed by atoms with Crippen molar-refractivity contribution in [3.63, 3.8) is 0 Å². The van der Waals surface area contributed by atoms with Gasteiger partial charge in [-0.2, -0.15) is 0 Å². The van der Waals surface area contributed by atoms with Crippen LogP contribution in [0, 0.1) is 5.41 Å². The Labute approximate surface area is 113 Å². The Bertz CT molecular complexity index is 357. The minimum atomic E-state index is -0.862. The van der Waals surface area contributed by atoms with Crippen molar-refractivity contribution >= 4 is 12.0 Å². The molecule has 0 aromatic rings. The highest BCUT2D eigenvalue weighted by Crippen LogP contribution is 2.25. The topological polar surface area (TPSA) is 87.7 Å². The molecule has 2 atom stereocenters. The summed E-state index contributed by atoms with van der Waals surface area (Å²) in [5.74, 6) is -0.862. The Balaban J connectivity index is 2.35. The van der Waals surface area contributed by atoms with Crippen molar-refractivity contribution in [2.45, 2.75) is 52.2 Å². The molecule has 0 bridgehead atoms. The molecule has 6 nitrogen and oxygen atoms in total. The van der Waals surface area contributed by atoms with Crippen LogP contribution < -0.4 is 10.6 Å². The first-order valence-electron chi connectivity index (χ1n) is 6.58. The molecular formula is C13H24N2O4. The van der Waals surface area contributed by atoms with Crippen LogP contribution in [-0.4, -0.2) is 41.9 Å². The van der Waals surface area contributed by atoms with Gasteiger partial charge in [0.15, 0.2) is 0 Å². The molecule has 1 heterocycles. The van der Waals surface area contributed by atoms with Crippen molar-refractivity contribution < 1.29 is 19.4 Å². The number of carboxylic acid groups (broad SMARTS) is 1. The zero-order valence-electron chi connectivity index (χ0n) is 12.1. The second kappa shape index (κ2) is 5.77. The molecule has 1 aliphatic heterocycles. The van der Waals surface area contributed by atoms with Gasteiger partial charge in [-0.3, -0.25) is 4.79 Å². The molecule has 0 aromatic heterocycles. The molecule has 6 heteroatoms. The second-order valence-corrected chi connectivity index (χ2v) is 6.00. The lowest BCUT2D eigenvalue weighted by molar-refractivity contribution is -0.147. The average molecular weight is 272 g/mol. The summed E-state index contributed by atoms with van der Waals surface area (Å²) in [6.07, 6.45) is 1.15. The van der Waals surface area contributed by atoms with Gasteiger partial charge in [0.1, 0.15) is 0 Å². The molecular weight excluding hydrogens is 248 g/mol. The van der Waals surface area contributed by atoms with Gasteiger partial charge < -0.3 is 20.5 Å². The largest absolute Gasteiger partial charge is 0.481 e. The van der Waals surface area contributed by atoms with E-state index in [-0.39, 0.29) is 17.7 Å². The van der Waals surface area contributed by atoms with Crippen molar-refractivity contribution in [3.8, 4) is 0 Å². The fourth-order valence-corrected chi connectivity index (χ4v) is 1.90. The lowest BCUT2D eigenvalue weighted by Crippen LogP contribution is -2.54. The van der Waals surface area contributed by atoms with Gasteiger partial charge in [-0.1, -0.05) is 0 Å². The second-order valence-electron chi connectivity index (χ2n) is 6.00. The smallest absolute Gasteiger partial charge is 0.315 e. The van der Waals surface area contributed by atoms with Gasteiger partial charge in [0.2, 0.25) is 0 Å². The molecule has 0 spiro atoms. The first kappa shape index (κ1) is 15.8. The third kappa shape index (κ3) is 4.09. The van der Waals surface area contributed by atoms with Crippen molar-refractivity contribution in [2.75, 3.05) is 13.2 Å². The number of hydrogen-bond donors (Lipinski definition) is 3. The summed E-state index contributed by atoms with van der Waals surface area (Å²) < 4.78 is 5.44. The van der Waals surface area contributed by atoms with Gasteiger partial charge in [-0.25, -0.2) is 4.79 Å². The fourth-order valence-electron chi connectivity index (χ4n) is 1.90. The van der Waals surface area contributed by atoms with E-state index in [0.29, 0.717) is 19.6 Å². The summed E-state index contributed by atoms with van der Waals surface area (Å²) in [5.41, 5.74) is -1.19. The van der Waals surface area contributed by atoms with E-state index in [1.54, 1.807) is 13.8 Å².